The van der Waals surface area contributed by atoms with Crippen molar-refractivity contribution in [1.82, 2.24) is 10.3 Å². The molecule has 14 heavy (non-hydrogen) atoms. The van der Waals surface area contributed by atoms with Crippen LogP contribution in [0.3, 0.4) is 0 Å². The summed E-state index contributed by atoms with van der Waals surface area (Å²) in [7, 11) is 0. The van der Waals surface area contributed by atoms with Gasteiger partial charge in [-0.25, -0.2) is 0 Å². The summed E-state index contributed by atoms with van der Waals surface area (Å²) in [6.45, 7) is 4.53. The van der Waals surface area contributed by atoms with Gasteiger partial charge < -0.3 is 5.32 Å². The predicted molar refractivity (Wildman–Crippen MR) is 60.5 cm³/mol. The van der Waals surface area contributed by atoms with Gasteiger partial charge >= 0.3 is 0 Å². The molecule has 1 N–H and O–H groups in total. The maximum Gasteiger partial charge on any atom is 0.0794 e. The van der Waals surface area contributed by atoms with Crippen molar-refractivity contribution >= 4 is 11.3 Å². The summed E-state index contributed by atoms with van der Waals surface area (Å²) in [4.78, 5) is 5.45. The lowest BCUT2D eigenvalue weighted by molar-refractivity contribution is 0.230. The van der Waals surface area contributed by atoms with E-state index in [0.717, 1.165) is 5.92 Å². The van der Waals surface area contributed by atoms with Crippen LogP contribution in [0.5, 0.6) is 0 Å². The number of rotatable bonds is 4. The minimum absolute atomic E-state index is 0.457. The topological polar surface area (TPSA) is 24.9 Å². The molecule has 0 bridgehead atoms. The van der Waals surface area contributed by atoms with Crippen molar-refractivity contribution in [3.8, 4) is 0 Å². The fourth-order valence-electron chi connectivity index (χ4n) is 1.99. The Balaban J connectivity index is 1.84. The van der Waals surface area contributed by atoms with Crippen molar-refractivity contribution in [3.05, 3.63) is 16.6 Å². The molecule has 0 radical (unpaired) electrons. The van der Waals surface area contributed by atoms with Crippen LogP contribution in [0.15, 0.2) is 11.7 Å². The first-order chi connectivity index (χ1) is 6.77. The lowest BCUT2D eigenvalue weighted by Gasteiger charge is -2.33. The molecule has 0 amide bonds. The van der Waals surface area contributed by atoms with E-state index in [0.29, 0.717) is 12.1 Å². The smallest absolute Gasteiger partial charge is 0.0794 e. The first-order valence-corrected chi connectivity index (χ1v) is 6.30. The van der Waals surface area contributed by atoms with Crippen LogP contribution in [0, 0.1) is 5.92 Å². The minimum atomic E-state index is 0.457. The molecule has 1 saturated carbocycles. The number of nitrogens with zero attached hydrogens (tertiary/aromatic N) is 1. The quantitative estimate of drug-likeness (QED) is 0.826. The van der Waals surface area contributed by atoms with Gasteiger partial charge in [-0.05, 0) is 32.6 Å². The zero-order chi connectivity index (χ0) is 9.97. The van der Waals surface area contributed by atoms with Gasteiger partial charge in [0, 0.05) is 23.2 Å². The highest BCUT2D eigenvalue weighted by atomic mass is 32.1. The van der Waals surface area contributed by atoms with Crippen LogP contribution in [0.2, 0.25) is 0 Å². The number of nitrogens with one attached hydrogen (secondary N) is 1. The van der Waals surface area contributed by atoms with Crippen LogP contribution in [-0.2, 0) is 0 Å². The lowest BCUT2D eigenvalue weighted by Crippen LogP contribution is -2.38. The van der Waals surface area contributed by atoms with Crippen LogP contribution >= 0.6 is 11.3 Å². The zero-order valence-electron chi connectivity index (χ0n) is 8.86. The van der Waals surface area contributed by atoms with E-state index in [2.05, 4.69) is 24.1 Å². The fraction of sp³-hybridized carbons (Fsp3) is 0.727. The lowest BCUT2D eigenvalue weighted by atomic mass is 9.80. The van der Waals surface area contributed by atoms with E-state index in [-0.39, 0.29) is 0 Å². The second-order valence-electron chi connectivity index (χ2n) is 4.27. The first kappa shape index (κ1) is 10.1. The van der Waals surface area contributed by atoms with Crippen LogP contribution < -0.4 is 5.32 Å². The largest absolute Gasteiger partial charge is 0.307 e. The Bertz CT molecular complexity index is 267. The van der Waals surface area contributed by atoms with E-state index in [1.54, 1.807) is 11.3 Å². The summed E-state index contributed by atoms with van der Waals surface area (Å²) in [5, 5.41) is 3.65. The Kier molecular flexibility index (Phi) is 3.19. The van der Waals surface area contributed by atoms with Gasteiger partial charge in [0.2, 0.25) is 0 Å². The molecule has 0 saturated heterocycles. The highest BCUT2D eigenvalue weighted by Gasteiger charge is 2.24. The van der Waals surface area contributed by atoms with Gasteiger partial charge in [0.15, 0.2) is 0 Å². The molecule has 1 fully saturated rings. The summed E-state index contributed by atoms with van der Waals surface area (Å²) >= 11 is 1.74. The van der Waals surface area contributed by atoms with Crippen molar-refractivity contribution in [2.45, 2.75) is 45.2 Å². The van der Waals surface area contributed by atoms with Crippen LogP contribution in [0.4, 0.5) is 0 Å². The van der Waals surface area contributed by atoms with E-state index in [9.17, 15) is 0 Å². The van der Waals surface area contributed by atoms with E-state index >= 15 is 0 Å². The second kappa shape index (κ2) is 4.41. The fourth-order valence-corrected chi connectivity index (χ4v) is 2.63. The molecule has 1 aliphatic rings. The number of hydrogen-bond acceptors (Lipinski definition) is 3. The third kappa shape index (κ3) is 2.15. The van der Waals surface area contributed by atoms with Gasteiger partial charge in [-0.15, -0.1) is 11.3 Å². The van der Waals surface area contributed by atoms with Crippen molar-refractivity contribution < 1.29 is 0 Å². The molecule has 0 aliphatic heterocycles. The SMILES string of the molecule is CC(NC(C)C1CCC1)c1cncs1. The van der Waals surface area contributed by atoms with Gasteiger partial charge in [0.25, 0.3) is 0 Å². The van der Waals surface area contributed by atoms with Crippen LogP contribution in [0.1, 0.15) is 44.0 Å². The van der Waals surface area contributed by atoms with Crippen molar-refractivity contribution in [1.29, 1.82) is 0 Å². The molecule has 1 aromatic rings. The molecule has 0 aromatic carbocycles. The molecule has 2 unspecified atom stereocenters. The molecule has 1 aromatic heterocycles. The Morgan fingerprint density at radius 2 is 2.29 bits per heavy atom. The average Bonchev–Trinajstić information content (AvgIpc) is 2.51. The molecule has 1 aliphatic carbocycles. The molecule has 2 atom stereocenters. The Labute approximate surface area is 89.8 Å². The predicted octanol–water partition coefficient (Wildman–Crippen LogP) is 2.98. The summed E-state index contributed by atoms with van der Waals surface area (Å²) in [5.41, 5.74) is 1.90. The van der Waals surface area contributed by atoms with E-state index in [1.807, 2.05) is 11.7 Å². The standard InChI is InChI=1S/C11H18N2S/c1-8(10-4-3-5-10)13-9(2)11-6-12-7-14-11/h6-10,13H,3-5H2,1-2H3. The molecule has 78 valence electrons. The Morgan fingerprint density at radius 1 is 1.50 bits per heavy atom. The molecule has 3 heteroatoms. The van der Waals surface area contributed by atoms with E-state index in [4.69, 9.17) is 0 Å². The highest BCUT2D eigenvalue weighted by Crippen LogP contribution is 2.30. The molecular weight excluding hydrogens is 192 g/mol. The normalized spacial score (nSPS) is 21.6. The third-order valence-electron chi connectivity index (χ3n) is 3.25. The van der Waals surface area contributed by atoms with Crippen LogP contribution in [0.25, 0.3) is 0 Å². The highest BCUT2D eigenvalue weighted by molar-refractivity contribution is 7.09. The van der Waals surface area contributed by atoms with Gasteiger partial charge in [-0.2, -0.15) is 0 Å². The van der Waals surface area contributed by atoms with Crippen molar-refractivity contribution in [2.24, 2.45) is 5.92 Å². The average molecular weight is 210 g/mol. The monoisotopic (exact) mass is 210 g/mol. The minimum Gasteiger partial charge on any atom is -0.307 e. The number of hydrogen-bond donors (Lipinski definition) is 1. The molecule has 0 spiro atoms. The second-order valence-corrected chi connectivity index (χ2v) is 5.19. The first-order valence-electron chi connectivity index (χ1n) is 5.42. The van der Waals surface area contributed by atoms with Crippen molar-refractivity contribution in [2.75, 3.05) is 0 Å². The third-order valence-corrected chi connectivity index (χ3v) is 4.21. The van der Waals surface area contributed by atoms with Gasteiger partial charge in [0.05, 0.1) is 5.51 Å². The summed E-state index contributed by atoms with van der Waals surface area (Å²) in [6, 6.07) is 1.11. The van der Waals surface area contributed by atoms with Gasteiger partial charge in [-0.1, -0.05) is 6.42 Å². The maximum absolute atomic E-state index is 4.11. The zero-order valence-corrected chi connectivity index (χ0v) is 9.68. The Morgan fingerprint density at radius 3 is 2.79 bits per heavy atom. The molecule has 2 nitrogen and oxygen atoms in total. The van der Waals surface area contributed by atoms with Crippen molar-refractivity contribution in [3.63, 3.8) is 0 Å². The number of thiazole rings is 1. The summed E-state index contributed by atoms with van der Waals surface area (Å²) < 4.78 is 0. The summed E-state index contributed by atoms with van der Waals surface area (Å²) in [6.07, 6.45) is 6.20. The van der Waals surface area contributed by atoms with Gasteiger partial charge in [-0.3, -0.25) is 4.98 Å². The number of aromatic nitrogens is 1. The molecule has 1 heterocycles. The maximum atomic E-state index is 4.11. The van der Waals surface area contributed by atoms with Crippen LogP contribution in [-0.4, -0.2) is 11.0 Å². The molecular formula is C11H18N2S. The van der Waals surface area contributed by atoms with E-state index < -0.39 is 0 Å². The molecule has 2 rings (SSSR count). The van der Waals surface area contributed by atoms with Gasteiger partial charge in [0.1, 0.15) is 0 Å². The Hall–Kier alpha value is -0.410. The summed E-state index contributed by atoms with van der Waals surface area (Å²) in [5.74, 6) is 0.908. The van der Waals surface area contributed by atoms with E-state index in [1.165, 1.54) is 24.1 Å².